The number of amides is 2. The lowest BCUT2D eigenvalue weighted by Crippen LogP contribution is -2.38. The highest BCUT2D eigenvalue weighted by molar-refractivity contribution is 5.98. The predicted octanol–water partition coefficient (Wildman–Crippen LogP) is 5.73. The van der Waals surface area contributed by atoms with Gasteiger partial charge in [0.15, 0.2) is 11.6 Å². The minimum atomic E-state index is -0.478. The number of hydrogen-bond donors (Lipinski definition) is 1. The molecule has 218 valence electrons. The minimum Gasteiger partial charge on any atom is -0.494 e. The molecule has 2 aromatic carbocycles. The number of esters is 1. The quantitative estimate of drug-likeness (QED) is 0.393. The number of anilines is 1. The highest BCUT2D eigenvalue weighted by Crippen LogP contribution is 2.37. The average molecular weight is 572 g/mol. The van der Waals surface area contributed by atoms with Gasteiger partial charge in [0.25, 0.3) is 0 Å². The van der Waals surface area contributed by atoms with E-state index in [2.05, 4.69) is 10.3 Å². The Labute approximate surface area is 244 Å². The van der Waals surface area contributed by atoms with E-state index < -0.39 is 5.82 Å². The van der Waals surface area contributed by atoms with Gasteiger partial charge in [-0.05, 0) is 60.2 Å². The first kappa shape index (κ1) is 29.0. The van der Waals surface area contributed by atoms with Gasteiger partial charge in [-0.25, -0.2) is 4.39 Å². The summed E-state index contributed by atoms with van der Waals surface area (Å²) in [5, 5.41) is 3.06. The molecule has 8 nitrogen and oxygen atoms in total. The molecule has 42 heavy (non-hydrogen) atoms. The molecule has 2 amide bonds. The highest BCUT2D eigenvalue weighted by atomic mass is 19.1. The fourth-order valence-electron chi connectivity index (χ4n) is 5.65. The van der Waals surface area contributed by atoms with Crippen molar-refractivity contribution < 1.29 is 28.2 Å². The molecule has 2 aliphatic heterocycles. The summed E-state index contributed by atoms with van der Waals surface area (Å²) in [6.07, 6.45) is 5.74. The van der Waals surface area contributed by atoms with Crippen molar-refractivity contribution in [2.24, 2.45) is 5.92 Å². The normalized spacial score (nSPS) is 19.0. The Hall–Kier alpha value is -4.53. The van der Waals surface area contributed by atoms with Crippen LogP contribution in [0.2, 0.25) is 0 Å². The van der Waals surface area contributed by atoms with Gasteiger partial charge in [0.05, 0.1) is 32.4 Å². The smallest absolute Gasteiger partial charge is 0.309 e. The summed E-state index contributed by atoms with van der Waals surface area (Å²) in [4.78, 5) is 45.1. The number of fused-ring (bicyclic) bond motifs is 4. The van der Waals surface area contributed by atoms with Gasteiger partial charge >= 0.3 is 5.97 Å². The number of pyridine rings is 1. The first-order chi connectivity index (χ1) is 20.3. The van der Waals surface area contributed by atoms with Gasteiger partial charge in [0.1, 0.15) is 0 Å². The van der Waals surface area contributed by atoms with Crippen molar-refractivity contribution in [3.8, 4) is 16.9 Å². The summed E-state index contributed by atoms with van der Waals surface area (Å²) in [6, 6.07) is 13.9. The second-order valence-electron chi connectivity index (χ2n) is 10.7. The van der Waals surface area contributed by atoms with Gasteiger partial charge in [-0.15, -0.1) is 0 Å². The molecule has 0 saturated heterocycles. The summed E-state index contributed by atoms with van der Waals surface area (Å²) in [6.45, 7) is 2.29. The van der Waals surface area contributed by atoms with Crippen molar-refractivity contribution in [2.75, 3.05) is 26.1 Å². The van der Waals surface area contributed by atoms with E-state index in [1.54, 1.807) is 35.4 Å². The Morgan fingerprint density at radius 3 is 2.69 bits per heavy atom. The molecule has 3 heterocycles. The maximum atomic E-state index is 15.0. The van der Waals surface area contributed by atoms with Crippen LogP contribution in [0.15, 0.2) is 60.8 Å². The van der Waals surface area contributed by atoms with Crippen LogP contribution in [0.25, 0.3) is 16.7 Å². The number of carbonyl (C=O) groups is 3. The monoisotopic (exact) mass is 571 g/mol. The average Bonchev–Trinajstić information content (AvgIpc) is 2.99. The molecule has 0 fully saturated rings. The molecule has 0 radical (unpaired) electrons. The zero-order valence-electron chi connectivity index (χ0n) is 24.0. The number of hydrogen-bond acceptors (Lipinski definition) is 6. The van der Waals surface area contributed by atoms with Crippen LogP contribution in [0.4, 0.5) is 10.1 Å². The Morgan fingerprint density at radius 1 is 1.10 bits per heavy atom. The molecule has 5 rings (SSSR count). The third kappa shape index (κ3) is 6.05. The number of carbonyl (C=O) groups excluding carboxylic acids is 3. The first-order valence-corrected chi connectivity index (χ1v) is 14.1. The summed E-state index contributed by atoms with van der Waals surface area (Å²) in [7, 11) is 2.76. The minimum absolute atomic E-state index is 0.0884. The van der Waals surface area contributed by atoms with Crippen LogP contribution in [0.3, 0.4) is 0 Å². The first-order valence-electron chi connectivity index (χ1n) is 14.1. The molecule has 0 saturated carbocycles. The van der Waals surface area contributed by atoms with E-state index in [0.29, 0.717) is 49.1 Å². The van der Waals surface area contributed by atoms with Crippen LogP contribution in [0.1, 0.15) is 55.5 Å². The lowest BCUT2D eigenvalue weighted by molar-refractivity contribution is -0.139. The Balaban J connectivity index is 1.51. The summed E-state index contributed by atoms with van der Waals surface area (Å²) in [5.74, 6) is -1.29. The Kier molecular flexibility index (Phi) is 8.66. The van der Waals surface area contributed by atoms with Gasteiger partial charge < -0.3 is 19.7 Å². The molecule has 9 heteroatoms. The topological polar surface area (TPSA) is 97.8 Å². The summed E-state index contributed by atoms with van der Waals surface area (Å²) < 4.78 is 24.9. The Bertz CT molecular complexity index is 1550. The maximum absolute atomic E-state index is 15.0. The lowest BCUT2D eigenvalue weighted by atomic mass is 9.92. The van der Waals surface area contributed by atoms with Crippen molar-refractivity contribution in [1.29, 1.82) is 0 Å². The van der Waals surface area contributed by atoms with E-state index >= 15 is 0 Å². The maximum Gasteiger partial charge on any atom is 0.309 e. The second-order valence-corrected chi connectivity index (χ2v) is 10.7. The van der Waals surface area contributed by atoms with E-state index in [-0.39, 0.29) is 41.9 Å². The number of halogens is 1. The van der Waals surface area contributed by atoms with Gasteiger partial charge in [0.2, 0.25) is 11.8 Å². The number of methoxy groups -OCH3 is 2. The molecule has 0 aliphatic carbocycles. The van der Waals surface area contributed by atoms with Gasteiger partial charge in [-0.3, -0.25) is 19.4 Å². The number of aromatic nitrogens is 1. The zero-order valence-corrected chi connectivity index (χ0v) is 24.0. The van der Waals surface area contributed by atoms with Crippen molar-refractivity contribution in [2.45, 2.75) is 45.1 Å². The van der Waals surface area contributed by atoms with Gasteiger partial charge in [0, 0.05) is 41.5 Å². The molecule has 3 aromatic rings. The van der Waals surface area contributed by atoms with Crippen molar-refractivity contribution in [3.63, 3.8) is 0 Å². The molecule has 1 aromatic heterocycles. The molecular formula is C33H34FN3O5. The fraction of sp³-hybridized carbons (Fsp3) is 0.333. The Morgan fingerprint density at radius 2 is 1.93 bits per heavy atom. The van der Waals surface area contributed by atoms with Crippen LogP contribution in [-0.2, 0) is 25.5 Å². The van der Waals surface area contributed by atoms with Crippen molar-refractivity contribution in [3.05, 3.63) is 83.4 Å². The summed E-state index contributed by atoms with van der Waals surface area (Å²) >= 11 is 0. The van der Waals surface area contributed by atoms with Gasteiger partial charge in [-0.1, -0.05) is 37.6 Å². The zero-order chi connectivity index (χ0) is 29.8. The third-order valence-corrected chi connectivity index (χ3v) is 8.02. The van der Waals surface area contributed by atoms with E-state index in [1.165, 1.54) is 20.3 Å². The number of benzene rings is 2. The number of nitrogens with zero attached hydrogens (tertiary/aromatic N) is 2. The highest BCUT2D eigenvalue weighted by Gasteiger charge is 2.30. The summed E-state index contributed by atoms with van der Waals surface area (Å²) in [5.41, 5.74) is 4.68. The number of ether oxygens (including phenoxy) is 2. The van der Waals surface area contributed by atoms with Crippen LogP contribution in [-0.4, -0.2) is 48.4 Å². The number of nitrogens with one attached hydrogen (secondary N) is 1. The molecule has 1 N–H and O–H groups in total. The van der Waals surface area contributed by atoms with E-state index in [1.807, 2.05) is 31.2 Å². The van der Waals surface area contributed by atoms with Gasteiger partial charge in [-0.2, -0.15) is 0 Å². The predicted molar refractivity (Wildman–Crippen MR) is 157 cm³/mol. The molecule has 2 atom stereocenters. The van der Waals surface area contributed by atoms with E-state index in [0.717, 1.165) is 22.4 Å². The van der Waals surface area contributed by atoms with Crippen molar-refractivity contribution in [1.82, 2.24) is 9.88 Å². The van der Waals surface area contributed by atoms with Crippen LogP contribution in [0, 0.1) is 11.7 Å². The van der Waals surface area contributed by atoms with E-state index in [9.17, 15) is 18.8 Å². The molecule has 0 spiro atoms. The molecule has 0 unspecified atom stereocenters. The van der Waals surface area contributed by atoms with Crippen LogP contribution >= 0.6 is 0 Å². The SMILES string of the molecule is COC(=O)Cc1ccc2c(c1)NC(=O)[C@H](C)CCC[C@H](N1CCC(c3cccc(OC)c3F)=CC1=O)c1cc-2ccn1. The molecule has 2 bridgehead atoms. The van der Waals surface area contributed by atoms with Crippen LogP contribution < -0.4 is 10.1 Å². The number of rotatable bonds is 5. The lowest BCUT2D eigenvalue weighted by Gasteiger charge is -2.34. The standard InChI is InChI=1S/C33H34FN3O5/c1-20-6-4-8-28(37-15-13-23(19-30(37)38)25-7-5-9-29(41-2)32(25)34)27-18-22(12-14-35-27)24-11-10-21(17-31(39)42-3)16-26(24)36-33(20)40/h5,7,9-12,14,16,18-20,28H,4,6,8,13,15,17H2,1-3H3,(H,36,40)/t20-,28+/m1/s1. The van der Waals surface area contributed by atoms with E-state index in [4.69, 9.17) is 9.47 Å². The van der Waals surface area contributed by atoms with Crippen molar-refractivity contribution >= 4 is 29.0 Å². The van der Waals surface area contributed by atoms with Crippen LogP contribution in [0.5, 0.6) is 5.75 Å². The third-order valence-electron chi connectivity index (χ3n) is 8.02. The fourth-order valence-corrected chi connectivity index (χ4v) is 5.65. The molecular weight excluding hydrogens is 537 g/mol. The largest absolute Gasteiger partial charge is 0.494 e. The molecule has 2 aliphatic rings. The second kappa shape index (κ2) is 12.5.